The molecule has 1 fully saturated rings. The van der Waals surface area contributed by atoms with Gasteiger partial charge in [-0.2, -0.15) is 0 Å². The number of rotatable bonds is 1. The van der Waals surface area contributed by atoms with Gasteiger partial charge in [0.1, 0.15) is 0 Å². The molecule has 5 heteroatoms. The predicted octanol–water partition coefficient (Wildman–Crippen LogP) is 4.16. The van der Waals surface area contributed by atoms with E-state index in [0.717, 1.165) is 19.4 Å². The van der Waals surface area contributed by atoms with Crippen molar-refractivity contribution in [2.24, 2.45) is 10.4 Å². The van der Waals surface area contributed by atoms with Gasteiger partial charge in [0, 0.05) is 18.8 Å². The number of carbonyl (C=O) groups is 1. The highest BCUT2D eigenvalue weighted by Gasteiger charge is 2.32. The van der Waals surface area contributed by atoms with Crippen LogP contribution in [0, 0.1) is 5.41 Å². The Kier molecular flexibility index (Phi) is 5.52. The van der Waals surface area contributed by atoms with Crippen molar-refractivity contribution in [1.82, 2.24) is 4.90 Å². The molecule has 5 nitrogen and oxygen atoms in total. The van der Waals surface area contributed by atoms with Crippen molar-refractivity contribution < 1.29 is 14.6 Å². The summed E-state index contributed by atoms with van der Waals surface area (Å²) < 4.78 is 5.04. The molecule has 1 aromatic rings. The fourth-order valence-electron chi connectivity index (χ4n) is 2.52. The molecule has 1 atom stereocenters. The Morgan fingerprint density at radius 3 is 2.62 bits per heavy atom. The maximum atomic E-state index is 12.4. The highest BCUT2D eigenvalue weighted by atomic mass is 16.5. The summed E-state index contributed by atoms with van der Waals surface area (Å²) in [6.07, 6.45) is 5.02. The van der Waals surface area contributed by atoms with E-state index in [0.29, 0.717) is 22.4 Å². The number of nitrogens with zero attached hydrogens (tertiary/aromatic N) is 2. The zero-order chi connectivity index (χ0) is 17.9. The number of carbonyl (C=O) groups excluding carboxylic acids is 1. The van der Waals surface area contributed by atoms with Crippen molar-refractivity contribution >= 4 is 17.8 Å². The van der Waals surface area contributed by atoms with E-state index in [1.807, 2.05) is 4.90 Å². The lowest BCUT2D eigenvalue weighted by atomic mass is 9.94. The van der Waals surface area contributed by atoms with Crippen molar-refractivity contribution in [1.29, 1.82) is 0 Å². The second kappa shape index (κ2) is 7.24. The second-order valence-electron chi connectivity index (χ2n) is 7.44. The molecule has 132 valence electrons. The van der Waals surface area contributed by atoms with Gasteiger partial charge in [0.2, 0.25) is 0 Å². The van der Waals surface area contributed by atoms with E-state index in [4.69, 9.17) is 4.74 Å². The van der Waals surface area contributed by atoms with Gasteiger partial charge in [-0.15, -0.1) is 0 Å². The number of aliphatic imine (C=N–C) groups is 1. The fraction of sp³-hybridized carbons (Fsp3) is 0.579. The average molecular weight is 332 g/mol. The third-order valence-electron chi connectivity index (χ3n) is 4.53. The molecule has 1 unspecified atom stereocenters. The van der Waals surface area contributed by atoms with Gasteiger partial charge in [-0.1, -0.05) is 34.1 Å². The topological polar surface area (TPSA) is 62.1 Å². The molecule has 0 aliphatic carbocycles. The van der Waals surface area contributed by atoms with Crippen LogP contribution in [0.2, 0.25) is 0 Å². The van der Waals surface area contributed by atoms with Gasteiger partial charge < -0.3 is 14.7 Å². The summed E-state index contributed by atoms with van der Waals surface area (Å²) in [6, 6.07) is 3.12. The fourth-order valence-corrected chi connectivity index (χ4v) is 2.52. The monoisotopic (exact) mass is 332 g/mol. The zero-order valence-corrected chi connectivity index (χ0v) is 15.3. The number of amides is 1. The maximum Gasteiger partial charge on any atom is 0.256 e. The van der Waals surface area contributed by atoms with Crippen LogP contribution in [0.5, 0.6) is 11.5 Å². The van der Waals surface area contributed by atoms with Gasteiger partial charge in [0.25, 0.3) is 5.91 Å². The minimum Gasteiger partial charge on any atom is -0.504 e. The second-order valence-corrected chi connectivity index (χ2v) is 7.44. The highest BCUT2D eigenvalue weighted by Crippen LogP contribution is 2.37. The molecule has 0 spiro atoms. The lowest BCUT2D eigenvalue weighted by molar-refractivity contribution is 0.0774. The predicted molar refractivity (Wildman–Crippen MR) is 96.6 cm³/mol. The lowest BCUT2D eigenvalue weighted by Gasteiger charge is -2.20. The Morgan fingerprint density at radius 1 is 1.38 bits per heavy atom. The molecule has 0 bridgehead atoms. The first-order chi connectivity index (χ1) is 11.3. The lowest BCUT2D eigenvalue weighted by Crippen LogP contribution is -2.35. The molecule has 24 heavy (non-hydrogen) atoms. The van der Waals surface area contributed by atoms with Gasteiger partial charge >= 0.3 is 0 Å². The molecule has 2 aliphatic heterocycles. The van der Waals surface area contributed by atoms with Crippen LogP contribution in [0.3, 0.4) is 0 Å². The summed E-state index contributed by atoms with van der Waals surface area (Å²) in [6.45, 7) is 9.70. The van der Waals surface area contributed by atoms with Crippen molar-refractivity contribution in [3.8, 4) is 11.5 Å². The Hall–Kier alpha value is -2.04. The van der Waals surface area contributed by atoms with Gasteiger partial charge in [-0.05, 0) is 24.3 Å². The Bertz CT molecular complexity index is 632. The molecule has 0 saturated carbocycles. The Labute approximate surface area is 144 Å². The molecule has 1 amide bonds. The van der Waals surface area contributed by atoms with Crippen molar-refractivity contribution in [3.05, 3.63) is 17.7 Å². The molecule has 1 N–H and O–H groups in total. The first-order valence-corrected chi connectivity index (χ1v) is 8.53. The number of fused-ring (bicyclic) bond motifs is 2. The highest BCUT2D eigenvalue weighted by molar-refractivity contribution is 6.03. The SMILES string of the molecule is CCC(C)(C)C.COc1cc2c(cc1O)N=CC1CCCN1C2=O. The quantitative estimate of drug-likeness (QED) is 0.840. The third-order valence-corrected chi connectivity index (χ3v) is 4.53. The van der Waals surface area contributed by atoms with E-state index in [-0.39, 0.29) is 17.7 Å². The standard InChI is InChI=1S/C13H14N2O3.C6H14/c1-18-12-5-9-10(6-11(12)16)14-7-8-3-2-4-15(8)13(9)17;1-5-6(2,3)4/h5-8,16H,2-4H2,1H3;5H2,1-4H3. The van der Waals surface area contributed by atoms with Crippen LogP contribution in [0.1, 0.15) is 57.3 Å². The number of aromatic hydroxyl groups is 1. The van der Waals surface area contributed by atoms with E-state index < -0.39 is 0 Å². The van der Waals surface area contributed by atoms with Crippen molar-refractivity contribution in [2.75, 3.05) is 13.7 Å². The number of hydrogen-bond acceptors (Lipinski definition) is 4. The van der Waals surface area contributed by atoms with E-state index in [2.05, 4.69) is 32.7 Å². The van der Waals surface area contributed by atoms with Crippen LogP contribution in [0.15, 0.2) is 17.1 Å². The molecule has 1 saturated heterocycles. The number of ether oxygens (including phenoxy) is 1. The van der Waals surface area contributed by atoms with Crippen LogP contribution < -0.4 is 4.74 Å². The molecule has 0 radical (unpaired) electrons. The normalized spacial score (nSPS) is 19.1. The van der Waals surface area contributed by atoms with Crippen LogP contribution in [-0.4, -0.2) is 41.8 Å². The largest absolute Gasteiger partial charge is 0.504 e. The maximum absolute atomic E-state index is 12.4. The molecule has 2 aliphatic rings. The smallest absolute Gasteiger partial charge is 0.256 e. The minimum atomic E-state index is -0.0386. The Balaban J connectivity index is 0.000000301. The first kappa shape index (κ1) is 18.3. The summed E-state index contributed by atoms with van der Waals surface area (Å²) in [4.78, 5) is 18.5. The van der Waals surface area contributed by atoms with Gasteiger partial charge in [0.05, 0.1) is 24.4 Å². The molecule has 1 aromatic carbocycles. The zero-order valence-electron chi connectivity index (χ0n) is 15.3. The molecule has 0 aromatic heterocycles. The summed E-state index contributed by atoms with van der Waals surface area (Å²) in [7, 11) is 1.46. The third kappa shape index (κ3) is 4.08. The number of benzene rings is 1. The van der Waals surface area contributed by atoms with Crippen LogP contribution in [0.25, 0.3) is 0 Å². The number of hydrogen-bond donors (Lipinski definition) is 1. The Morgan fingerprint density at radius 2 is 2.04 bits per heavy atom. The molecule has 2 heterocycles. The van der Waals surface area contributed by atoms with Crippen molar-refractivity contribution in [3.63, 3.8) is 0 Å². The van der Waals surface area contributed by atoms with Crippen LogP contribution in [-0.2, 0) is 0 Å². The minimum absolute atomic E-state index is 0.00302. The van der Waals surface area contributed by atoms with E-state index in [1.165, 1.54) is 19.6 Å². The number of phenolic OH excluding ortho intramolecular Hbond substituents is 1. The van der Waals surface area contributed by atoms with Gasteiger partial charge in [0.15, 0.2) is 11.5 Å². The number of phenols is 1. The molecule has 3 rings (SSSR count). The molecular weight excluding hydrogens is 304 g/mol. The van der Waals surface area contributed by atoms with Crippen LogP contribution in [0.4, 0.5) is 5.69 Å². The number of methoxy groups -OCH3 is 1. The molecular formula is C19H28N2O3. The summed E-state index contributed by atoms with van der Waals surface area (Å²) >= 11 is 0. The summed E-state index contributed by atoms with van der Waals surface area (Å²) in [5.74, 6) is 0.265. The summed E-state index contributed by atoms with van der Waals surface area (Å²) in [5.41, 5.74) is 1.54. The first-order valence-electron chi connectivity index (χ1n) is 8.53. The van der Waals surface area contributed by atoms with Crippen molar-refractivity contribution in [2.45, 2.75) is 53.0 Å². The van der Waals surface area contributed by atoms with Crippen LogP contribution >= 0.6 is 0 Å². The van der Waals surface area contributed by atoms with Gasteiger partial charge in [-0.3, -0.25) is 9.79 Å². The average Bonchev–Trinajstić information content (AvgIpc) is 2.96. The van der Waals surface area contributed by atoms with E-state index >= 15 is 0 Å². The summed E-state index contributed by atoms with van der Waals surface area (Å²) in [5, 5.41) is 9.72. The van der Waals surface area contributed by atoms with E-state index in [9.17, 15) is 9.90 Å². The van der Waals surface area contributed by atoms with Gasteiger partial charge in [-0.25, -0.2) is 0 Å². The van der Waals surface area contributed by atoms with E-state index in [1.54, 1.807) is 12.3 Å².